The molecule has 0 bridgehead atoms. The van der Waals surface area contributed by atoms with Crippen molar-refractivity contribution in [3.8, 4) is 0 Å². The van der Waals surface area contributed by atoms with Crippen molar-refractivity contribution in [3.63, 3.8) is 0 Å². The molecule has 0 atom stereocenters. The van der Waals surface area contributed by atoms with Crippen molar-refractivity contribution < 1.29 is 9.53 Å². The van der Waals surface area contributed by atoms with Gasteiger partial charge in [0.1, 0.15) is 0 Å². The predicted octanol–water partition coefficient (Wildman–Crippen LogP) is 3.33. The van der Waals surface area contributed by atoms with E-state index in [9.17, 15) is 4.79 Å². The van der Waals surface area contributed by atoms with E-state index >= 15 is 0 Å². The van der Waals surface area contributed by atoms with E-state index in [-0.39, 0.29) is 11.8 Å². The van der Waals surface area contributed by atoms with Gasteiger partial charge in [0.15, 0.2) is 0 Å². The highest BCUT2D eigenvalue weighted by Gasteiger charge is 2.11. The molecule has 0 fully saturated rings. The quantitative estimate of drug-likeness (QED) is 0.562. The van der Waals surface area contributed by atoms with Crippen molar-refractivity contribution in [1.29, 1.82) is 0 Å². The molecule has 0 radical (unpaired) electrons. The Morgan fingerprint density at radius 1 is 1.06 bits per heavy atom. The van der Waals surface area contributed by atoms with Crippen LogP contribution in [0.5, 0.6) is 0 Å². The van der Waals surface area contributed by atoms with Crippen molar-refractivity contribution in [2.24, 2.45) is 11.8 Å². The van der Waals surface area contributed by atoms with Gasteiger partial charge in [-0.05, 0) is 18.8 Å². The van der Waals surface area contributed by atoms with Crippen LogP contribution in [0.25, 0.3) is 0 Å². The lowest BCUT2D eigenvalue weighted by molar-refractivity contribution is -0.133. The van der Waals surface area contributed by atoms with Gasteiger partial charge in [-0.3, -0.25) is 4.79 Å². The van der Waals surface area contributed by atoms with E-state index < -0.39 is 0 Å². The molecule has 0 rings (SSSR count). The second kappa shape index (κ2) is 10.4. The summed E-state index contributed by atoms with van der Waals surface area (Å²) in [6.07, 6.45) is 4.62. The summed E-state index contributed by atoms with van der Waals surface area (Å²) in [7, 11) is 1.87. The molecule has 1 amide bonds. The third-order valence-corrected chi connectivity index (χ3v) is 2.97. The van der Waals surface area contributed by atoms with Gasteiger partial charge in [-0.2, -0.15) is 0 Å². The molecule has 3 heteroatoms. The minimum absolute atomic E-state index is 0.0898. The summed E-state index contributed by atoms with van der Waals surface area (Å²) in [5.74, 6) is 1.10. The van der Waals surface area contributed by atoms with Gasteiger partial charge in [0, 0.05) is 32.7 Å². The van der Waals surface area contributed by atoms with Crippen LogP contribution in [0, 0.1) is 11.8 Å². The first-order chi connectivity index (χ1) is 8.45. The Hall–Kier alpha value is -0.570. The number of ether oxygens (including phenoxy) is 1. The van der Waals surface area contributed by atoms with E-state index in [1.165, 1.54) is 12.8 Å². The Kier molecular flexibility index (Phi) is 10.0. The van der Waals surface area contributed by atoms with Gasteiger partial charge in [-0.1, -0.05) is 40.5 Å². The fourth-order valence-electron chi connectivity index (χ4n) is 1.81. The summed E-state index contributed by atoms with van der Waals surface area (Å²) in [5.41, 5.74) is 0. The Labute approximate surface area is 113 Å². The van der Waals surface area contributed by atoms with Crippen LogP contribution in [0.4, 0.5) is 0 Å². The summed E-state index contributed by atoms with van der Waals surface area (Å²) >= 11 is 0. The Morgan fingerprint density at radius 2 is 1.67 bits per heavy atom. The lowest BCUT2D eigenvalue weighted by Crippen LogP contribution is -2.31. The molecule has 0 heterocycles. The van der Waals surface area contributed by atoms with E-state index in [0.717, 1.165) is 38.5 Å². The topological polar surface area (TPSA) is 29.5 Å². The minimum Gasteiger partial charge on any atom is -0.381 e. The number of carbonyl (C=O) groups is 1. The van der Waals surface area contributed by atoms with Crippen LogP contribution in [-0.4, -0.2) is 37.6 Å². The zero-order valence-electron chi connectivity index (χ0n) is 12.9. The van der Waals surface area contributed by atoms with Gasteiger partial charge in [-0.15, -0.1) is 0 Å². The number of nitrogens with zero attached hydrogens (tertiary/aromatic N) is 1. The van der Waals surface area contributed by atoms with Gasteiger partial charge in [0.05, 0.1) is 0 Å². The van der Waals surface area contributed by atoms with Crippen molar-refractivity contribution in [3.05, 3.63) is 0 Å². The first kappa shape index (κ1) is 17.4. The van der Waals surface area contributed by atoms with Crippen molar-refractivity contribution in [2.45, 2.75) is 53.4 Å². The molecule has 0 aliphatic carbocycles. The molecule has 0 aliphatic heterocycles. The molecular weight excluding hydrogens is 226 g/mol. The van der Waals surface area contributed by atoms with Crippen molar-refractivity contribution in [2.75, 3.05) is 26.8 Å². The van der Waals surface area contributed by atoms with Crippen molar-refractivity contribution in [1.82, 2.24) is 4.90 Å². The molecule has 0 spiro atoms. The summed E-state index contributed by atoms with van der Waals surface area (Å²) in [5, 5.41) is 0. The summed E-state index contributed by atoms with van der Waals surface area (Å²) in [4.78, 5) is 13.4. The molecule has 0 aliphatic rings. The minimum atomic E-state index is 0.0898. The first-order valence-electron chi connectivity index (χ1n) is 7.27. The fourth-order valence-corrected chi connectivity index (χ4v) is 1.81. The zero-order chi connectivity index (χ0) is 14.0. The Bertz CT molecular complexity index is 215. The maximum atomic E-state index is 11.6. The molecule has 0 aromatic heterocycles. The Morgan fingerprint density at radius 3 is 2.22 bits per heavy atom. The molecule has 108 valence electrons. The molecule has 0 aromatic carbocycles. The lowest BCUT2D eigenvalue weighted by Gasteiger charge is -2.19. The molecule has 0 saturated heterocycles. The molecule has 0 N–H and O–H groups in total. The zero-order valence-corrected chi connectivity index (χ0v) is 12.9. The average molecular weight is 257 g/mol. The highest BCUT2D eigenvalue weighted by atomic mass is 16.5. The molecule has 0 saturated carbocycles. The van der Waals surface area contributed by atoms with Crippen LogP contribution in [0.1, 0.15) is 53.4 Å². The van der Waals surface area contributed by atoms with Gasteiger partial charge in [0.25, 0.3) is 0 Å². The molecule has 0 aromatic rings. The number of amides is 1. The smallest absolute Gasteiger partial charge is 0.224 e. The van der Waals surface area contributed by atoms with Crippen LogP contribution >= 0.6 is 0 Å². The lowest BCUT2D eigenvalue weighted by atomic mass is 10.1. The molecule has 3 nitrogen and oxygen atoms in total. The molecule has 0 unspecified atom stereocenters. The van der Waals surface area contributed by atoms with E-state index in [4.69, 9.17) is 4.74 Å². The van der Waals surface area contributed by atoms with Gasteiger partial charge < -0.3 is 9.64 Å². The average Bonchev–Trinajstić information content (AvgIpc) is 2.30. The van der Waals surface area contributed by atoms with E-state index in [0.29, 0.717) is 0 Å². The summed E-state index contributed by atoms with van der Waals surface area (Å²) < 4.78 is 5.57. The molecular formula is C15H31NO2. The SMILES string of the molecule is CC(C)CCCCOCCCN(C)C(=O)C(C)C. The molecule has 18 heavy (non-hydrogen) atoms. The third-order valence-electron chi connectivity index (χ3n) is 2.97. The fraction of sp³-hybridized carbons (Fsp3) is 0.933. The van der Waals surface area contributed by atoms with Crippen LogP contribution in [-0.2, 0) is 9.53 Å². The maximum Gasteiger partial charge on any atom is 0.224 e. The first-order valence-corrected chi connectivity index (χ1v) is 7.27. The van der Waals surface area contributed by atoms with Crippen LogP contribution < -0.4 is 0 Å². The largest absolute Gasteiger partial charge is 0.381 e. The van der Waals surface area contributed by atoms with Gasteiger partial charge >= 0.3 is 0 Å². The number of carbonyl (C=O) groups excluding carboxylic acids is 1. The third kappa shape index (κ3) is 9.46. The Balaban J connectivity index is 3.33. The van der Waals surface area contributed by atoms with Crippen LogP contribution in [0.2, 0.25) is 0 Å². The van der Waals surface area contributed by atoms with Crippen LogP contribution in [0.3, 0.4) is 0 Å². The normalized spacial score (nSPS) is 11.3. The monoisotopic (exact) mass is 257 g/mol. The highest BCUT2D eigenvalue weighted by Crippen LogP contribution is 2.06. The summed E-state index contributed by atoms with van der Waals surface area (Å²) in [6, 6.07) is 0. The summed E-state index contributed by atoms with van der Waals surface area (Å²) in [6.45, 7) is 10.8. The predicted molar refractivity (Wildman–Crippen MR) is 76.6 cm³/mol. The van der Waals surface area contributed by atoms with Crippen molar-refractivity contribution >= 4 is 5.91 Å². The van der Waals surface area contributed by atoms with E-state index in [1.807, 2.05) is 20.9 Å². The number of hydrogen-bond donors (Lipinski definition) is 0. The van der Waals surface area contributed by atoms with Gasteiger partial charge in [-0.25, -0.2) is 0 Å². The number of rotatable bonds is 10. The maximum absolute atomic E-state index is 11.6. The standard InChI is InChI=1S/C15H31NO2/c1-13(2)9-6-7-11-18-12-8-10-16(5)15(17)14(3)4/h13-14H,6-12H2,1-5H3. The van der Waals surface area contributed by atoms with E-state index in [1.54, 1.807) is 4.90 Å². The second-order valence-corrected chi connectivity index (χ2v) is 5.77. The highest BCUT2D eigenvalue weighted by molar-refractivity contribution is 5.77. The van der Waals surface area contributed by atoms with Gasteiger partial charge in [0.2, 0.25) is 5.91 Å². The second-order valence-electron chi connectivity index (χ2n) is 5.77. The number of unbranched alkanes of at least 4 members (excludes halogenated alkanes) is 1. The van der Waals surface area contributed by atoms with Crippen LogP contribution in [0.15, 0.2) is 0 Å². The van der Waals surface area contributed by atoms with E-state index in [2.05, 4.69) is 13.8 Å². The number of hydrogen-bond acceptors (Lipinski definition) is 2.